The minimum Gasteiger partial charge on any atom is -0.369 e. The van der Waals surface area contributed by atoms with Crippen LogP contribution >= 0.6 is 11.9 Å². The van der Waals surface area contributed by atoms with Crippen LogP contribution in [0.3, 0.4) is 0 Å². The van der Waals surface area contributed by atoms with Gasteiger partial charge in [0, 0.05) is 26.4 Å². The topological polar surface area (TPSA) is 99.1 Å². The average molecular weight is 244 g/mol. The number of rotatable bonds is 5. The molecule has 16 heavy (non-hydrogen) atoms. The first-order valence-corrected chi connectivity index (χ1v) is 5.73. The van der Waals surface area contributed by atoms with Gasteiger partial charge in [0.15, 0.2) is 5.95 Å². The number of imidazole rings is 1. The number of hydrogen-bond donors (Lipinski definition) is 4. The quantitative estimate of drug-likeness (QED) is 0.432. The third-order valence-electron chi connectivity index (χ3n) is 1.91. The largest absolute Gasteiger partial charge is 0.369 e. The van der Waals surface area contributed by atoms with E-state index in [0.717, 1.165) is 18.1 Å². The van der Waals surface area contributed by atoms with E-state index in [2.05, 4.69) is 20.0 Å². The zero-order valence-electron chi connectivity index (χ0n) is 9.28. The molecule has 2 amide bonds. The summed E-state index contributed by atoms with van der Waals surface area (Å²) in [4.78, 5) is 19.6. The summed E-state index contributed by atoms with van der Waals surface area (Å²) >= 11 is 1.35. The Labute approximate surface area is 98.3 Å². The highest BCUT2D eigenvalue weighted by atomic mass is 32.2. The van der Waals surface area contributed by atoms with E-state index in [0.29, 0.717) is 5.95 Å². The van der Waals surface area contributed by atoms with Crippen LogP contribution in [-0.4, -0.2) is 42.4 Å². The fourth-order valence-electron chi connectivity index (χ4n) is 0.991. The number of aromatic nitrogens is 2. The van der Waals surface area contributed by atoms with Gasteiger partial charge in [-0.15, -0.1) is 0 Å². The fourth-order valence-corrected chi connectivity index (χ4v) is 1.69. The van der Waals surface area contributed by atoms with Gasteiger partial charge in [-0.05, 0) is 11.9 Å². The molecule has 0 fully saturated rings. The van der Waals surface area contributed by atoms with E-state index < -0.39 is 0 Å². The van der Waals surface area contributed by atoms with E-state index in [9.17, 15) is 4.79 Å². The van der Waals surface area contributed by atoms with Crippen LogP contribution < -0.4 is 20.7 Å². The van der Waals surface area contributed by atoms with Crippen molar-refractivity contribution in [2.24, 2.45) is 0 Å². The molecule has 5 N–H and O–H groups in total. The van der Waals surface area contributed by atoms with Gasteiger partial charge >= 0.3 is 6.03 Å². The van der Waals surface area contributed by atoms with Gasteiger partial charge in [-0.3, -0.25) is 4.72 Å². The summed E-state index contributed by atoms with van der Waals surface area (Å²) in [7, 11) is 3.50. The Hall–Kier alpha value is -1.57. The van der Waals surface area contributed by atoms with Crippen LogP contribution in [0, 0.1) is 0 Å². The summed E-state index contributed by atoms with van der Waals surface area (Å²) < 4.78 is 2.63. The second-order valence-electron chi connectivity index (χ2n) is 3.10. The molecule has 0 aliphatic rings. The maximum atomic E-state index is 10.8. The summed E-state index contributed by atoms with van der Waals surface area (Å²) in [6, 6.07) is -0.196. The molecule has 0 unspecified atom stereocenters. The number of H-pyrrole nitrogens is 1. The molecule has 1 aromatic rings. The van der Waals surface area contributed by atoms with E-state index in [1.165, 1.54) is 11.9 Å². The molecule has 0 bridgehead atoms. The van der Waals surface area contributed by atoms with E-state index in [1.807, 2.05) is 11.9 Å². The number of aromatic amines is 1. The maximum absolute atomic E-state index is 10.8. The first kappa shape index (κ1) is 12.5. The van der Waals surface area contributed by atoms with Crippen molar-refractivity contribution < 1.29 is 4.79 Å². The van der Waals surface area contributed by atoms with E-state index in [1.54, 1.807) is 13.2 Å². The Kier molecular flexibility index (Phi) is 4.77. The highest BCUT2D eigenvalue weighted by Crippen LogP contribution is 2.09. The average Bonchev–Trinajstić information content (AvgIpc) is 2.70. The third-order valence-corrected chi connectivity index (χ3v) is 2.63. The van der Waals surface area contributed by atoms with Crippen molar-refractivity contribution in [1.82, 2.24) is 20.0 Å². The number of amides is 2. The molecule has 0 aromatic carbocycles. The van der Waals surface area contributed by atoms with Gasteiger partial charge in [0.05, 0.1) is 6.20 Å². The molecule has 0 atom stereocenters. The van der Waals surface area contributed by atoms with Crippen molar-refractivity contribution in [1.29, 1.82) is 0 Å². The lowest BCUT2D eigenvalue weighted by molar-refractivity contribution is 0.248. The maximum Gasteiger partial charge on any atom is 0.324 e. The van der Waals surface area contributed by atoms with Crippen LogP contribution in [0.4, 0.5) is 16.6 Å². The van der Waals surface area contributed by atoms with Crippen molar-refractivity contribution in [2.75, 3.05) is 37.0 Å². The molecule has 8 heteroatoms. The molecule has 0 aliphatic heterocycles. The number of nitrogen functional groups attached to an aromatic ring is 1. The van der Waals surface area contributed by atoms with Crippen molar-refractivity contribution in [3.63, 3.8) is 0 Å². The summed E-state index contributed by atoms with van der Waals surface area (Å²) in [5.41, 5.74) is 5.47. The normalized spacial score (nSPS) is 9.88. The van der Waals surface area contributed by atoms with Crippen molar-refractivity contribution in [3.05, 3.63) is 6.20 Å². The van der Waals surface area contributed by atoms with Crippen LogP contribution in [0.5, 0.6) is 0 Å². The predicted octanol–water partition coefficient (Wildman–Crippen LogP) is 0.00530. The first-order chi connectivity index (χ1) is 7.63. The van der Waals surface area contributed by atoms with Crippen LogP contribution in [0.1, 0.15) is 0 Å². The summed E-state index contributed by atoms with van der Waals surface area (Å²) in [6.45, 7) is 0.774. The minimum atomic E-state index is -0.196. The number of anilines is 2. The number of nitrogens with zero attached hydrogens (tertiary/aromatic N) is 2. The van der Waals surface area contributed by atoms with Gasteiger partial charge < -0.3 is 20.9 Å². The van der Waals surface area contributed by atoms with Gasteiger partial charge in [0.2, 0.25) is 0 Å². The smallest absolute Gasteiger partial charge is 0.324 e. The van der Waals surface area contributed by atoms with Crippen LogP contribution in [0.2, 0.25) is 0 Å². The minimum absolute atomic E-state index is 0.196. The van der Waals surface area contributed by atoms with E-state index in [-0.39, 0.29) is 6.03 Å². The Morgan fingerprint density at radius 2 is 2.50 bits per heavy atom. The summed E-state index contributed by atoms with van der Waals surface area (Å²) in [6.07, 6.45) is 1.67. The number of urea groups is 1. The molecule has 0 aliphatic carbocycles. The van der Waals surface area contributed by atoms with Crippen LogP contribution in [0.15, 0.2) is 6.20 Å². The van der Waals surface area contributed by atoms with Crippen molar-refractivity contribution in [2.45, 2.75) is 0 Å². The summed E-state index contributed by atoms with van der Waals surface area (Å²) in [5, 5.41) is 2.47. The number of nitrogens with one attached hydrogen (secondary N) is 3. The molecule has 1 aromatic heterocycles. The van der Waals surface area contributed by atoms with Gasteiger partial charge in [-0.25, -0.2) is 9.78 Å². The fraction of sp³-hybridized carbons (Fsp3) is 0.500. The molecule has 1 heterocycles. The second kappa shape index (κ2) is 6.11. The van der Waals surface area contributed by atoms with Gasteiger partial charge in [-0.2, -0.15) is 0 Å². The zero-order chi connectivity index (χ0) is 12.0. The molecule has 1 rings (SSSR count). The summed E-state index contributed by atoms with van der Waals surface area (Å²) in [5.74, 6) is 2.03. The lowest BCUT2D eigenvalue weighted by Gasteiger charge is -2.16. The number of hydrogen-bond acceptors (Lipinski definition) is 5. The van der Waals surface area contributed by atoms with Gasteiger partial charge in [0.25, 0.3) is 0 Å². The molecular formula is C8H16N6OS. The molecule has 7 nitrogen and oxygen atoms in total. The molecular weight excluding hydrogens is 228 g/mol. The standard InChI is InChI=1S/C8H16N6OS/c1-10-8(15)13-16-4-3-14(2)6-5-11-7(9)12-6/h5H,3-4H2,1-2H3,(H3,9,11,12)(H2,10,13,15). The van der Waals surface area contributed by atoms with Crippen molar-refractivity contribution >= 4 is 29.7 Å². The van der Waals surface area contributed by atoms with E-state index in [4.69, 9.17) is 5.73 Å². The third kappa shape index (κ3) is 3.89. The first-order valence-electron chi connectivity index (χ1n) is 4.74. The highest BCUT2D eigenvalue weighted by molar-refractivity contribution is 7.97. The molecule has 90 valence electrons. The second-order valence-corrected chi connectivity index (χ2v) is 4.01. The molecule has 0 saturated carbocycles. The van der Waals surface area contributed by atoms with Crippen LogP contribution in [-0.2, 0) is 0 Å². The molecule has 0 saturated heterocycles. The number of carbonyl (C=O) groups excluding carboxylic acids is 1. The Morgan fingerprint density at radius 3 is 3.06 bits per heavy atom. The molecule has 0 spiro atoms. The van der Waals surface area contributed by atoms with Crippen LogP contribution in [0.25, 0.3) is 0 Å². The lowest BCUT2D eigenvalue weighted by Crippen LogP contribution is -2.29. The van der Waals surface area contributed by atoms with Gasteiger partial charge in [0.1, 0.15) is 5.82 Å². The number of carbonyl (C=O) groups is 1. The molecule has 0 radical (unpaired) electrons. The number of nitrogens with two attached hydrogens (primary N) is 1. The SMILES string of the molecule is CNC(=O)NSCCN(C)c1cnc(N)[nH]1. The van der Waals surface area contributed by atoms with Gasteiger partial charge in [-0.1, -0.05) is 0 Å². The Balaban J connectivity index is 2.20. The van der Waals surface area contributed by atoms with Crippen molar-refractivity contribution in [3.8, 4) is 0 Å². The lowest BCUT2D eigenvalue weighted by atomic mass is 10.6. The Bertz CT molecular complexity index is 341. The Morgan fingerprint density at radius 1 is 1.75 bits per heavy atom. The predicted molar refractivity (Wildman–Crippen MR) is 66.3 cm³/mol. The monoisotopic (exact) mass is 244 g/mol. The van der Waals surface area contributed by atoms with E-state index >= 15 is 0 Å². The highest BCUT2D eigenvalue weighted by Gasteiger charge is 2.03. The zero-order valence-corrected chi connectivity index (χ0v) is 10.1.